The van der Waals surface area contributed by atoms with Crippen LogP contribution in [0.4, 0.5) is 5.69 Å². The Hall–Kier alpha value is -1.42. The molecule has 0 heterocycles. The van der Waals surface area contributed by atoms with Gasteiger partial charge in [-0.1, -0.05) is 32.4 Å². The van der Waals surface area contributed by atoms with E-state index < -0.39 is 0 Å². The molecule has 100 valence electrons. The van der Waals surface area contributed by atoms with E-state index in [9.17, 15) is 10.1 Å². The number of nitro benzene ring substituents is 1. The number of rotatable bonds is 8. The molecular formula is C14H22N2O2. The highest BCUT2D eigenvalue weighted by Crippen LogP contribution is 2.12. The highest BCUT2D eigenvalue weighted by atomic mass is 16.6. The first-order valence-electron chi connectivity index (χ1n) is 6.64. The number of nitrogens with zero attached hydrogens (tertiary/aromatic N) is 1. The maximum absolute atomic E-state index is 10.5. The van der Waals surface area contributed by atoms with Crippen LogP contribution in [0.1, 0.15) is 38.7 Å². The Morgan fingerprint density at radius 2 is 1.94 bits per heavy atom. The van der Waals surface area contributed by atoms with Crippen LogP contribution in [0.25, 0.3) is 0 Å². The number of non-ortho nitro benzene ring substituents is 1. The van der Waals surface area contributed by atoms with Crippen molar-refractivity contribution in [3.05, 3.63) is 39.9 Å². The normalized spacial score (nSPS) is 12.3. The fraction of sp³-hybridized carbons (Fsp3) is 0.571. The van der Waals surface area contributed by atoms with Crippen molar-refractivity contribution < 1.29 is 4.92 Å². The number of benzene rings is 1. The minimum atomic E-state index is -0.365. The molecule has 1 rings (SSSR count). The summed E-state index contributed by atoms with van der Waals surface area (Å²) in [4.78, 5) is 10.2. The number of nitrogens with one attached hydrogen (secondary N) is 1. The molecule has 0 saturated heterocycles. The molecule has 1 aromatic carbocycles. The van der Waals surface area contributed by atoms with Gasteiger partial charge < -0.3 is 5.32 Å². The lowest BCUT2D eigenvalue weighted by Crippen LogP contribution is -2.30. The van der Waals surface area contributed by atoms with Crippen LogP contribution in [0, 0.1) is 10.1 Å². The summed E-state index contributed by atoms with van der Waals surface area (Å²) in [6, 6.07) is 7.39. The molecule has 0 radical (unpaired) electrons. The first-order valence-corrected chi connectivity index (χ1v) is 6.64. The Balaban J connectivity index is 2.37. The predicted octanol–water partition coefficient (Wildman–Crippen LogP) is 3.31. The van der Waals surface area contributed by atoms with Crippen LogP contribution in [0.15, 0.2) is 24.3 Å². The lowest BCUT2D eigenvalue weighted by atomic mass is 10.1. The molecule has 18 heavy (non-hydrogen) atoms. The van der Waals surface area contributed by atoms with Gasteiger partial charge >= 0.3 is 0 Å². The van der Waals surface area contributed by atoms with E-state index in [4.69, 9.17) is 0 Å². The third-order valence-corrected chi connectivity index (χ3v) is 3.12. The second-order valence-electron chi connectivity index (χ2n) is 4.52. The summed E-state index contributed by atoms with van der Waals surface area (Å²) < 4.78 is 0. The van der Waals surface area contributed by atoms with E-state index in [2.05, 4.69) is 19.2 Å². The molecule has 1 unspecified atom stereocenters. The van der Waals surface area contributed by atoms with Crippen molar-refractivity contribution in [1.29, 1.82) is 0 Å². The Bertz CT molecular complexity index is 363. The lowest BCUT2D eigenvalue weighted by molar-refractivity contribution is -0.384. The van der Waals surface area contributed by atoms with Crippen molar-refractivity contribution in [3.8, 4) is 0 Å². The second kappa shape index (κ2) is 7.82. The van der Waals surface area contributed by atoms with Crippen molar-refractivity contribution >= 4 is 5.69 Å². The molecule has 0 fully saturated rings. The number of nitro groups is 1. The van der Waals surface area contributed by atoms with Crippen LogP contribution in [-0.2, 0) is 6.42 Å². The zero-order valence-electron chi connectivity index (χ0n) is 11.2. The summed E-state index contributed by atoms with van der Waals surface area (Å²) in [5.41, 5.74) is 1.29. The van der Waals surface area contributed by atoms with Crippen molar-refractivity contribution in [2.45, 2.75) is 45.6 Å². The van der Waals surface area contributed by atoms with Crippen LogP contribution >= 0.6 is 0 Å². The maximum Gasteiger partial charge on any atom is 0.269 e. The highest BCUT2D eigenvalue weighted by molar-refractivity contribution is 5.32. The molecule has 4 heteroatoms. The quantitative estimate of drug-likeness (QED) is 0.569. The minimum Gasteiger partial charge on any atom is -0.314 e. The Morgan fingerprint density at radius 3 is 2.44 bits per heavy atom. The van der Waals surface area contributed by atoms with Gasteiger partial charge in [0.15, 0.2) is 0 Å². The zero-order chi connectivity index (χ0) is 13.4. The molecule has 0 aromatic heterocycles. The van der Waals surface area contributed by atoms with E-state index in [1.165, 1.54) is 12.8 Å². The van der Waals surface area contributed by atoms with Gasteiger partial charge in [-0.2, -0.15) is 0 Å². The van der Waals surface area contributed by atoms with Gasteiger partial charge in [-0.05, 0) is 31.4 Å². The fourth-order valence-electron chi connectivity index (χ4n) is 2.00. The van der Waals surface area contributed by atoms with Gasteiger partial charge in [-0.3, -0.25) is 10.1 Å². The summed E-state index contributed by atoms with van der Waals surface area (Å²) in [6.07, 6.45) is 4.46. The summed E-state index contributed by atoms with van der Waals surface area (Å²) in [5, 5.41) is 14.0. The molecule has 1 atom stereocenters. The van der Waals surface area contributed by atoms with Gasteiger partial charge in [-0.25, -0.2) is 0 Å². The van der Waals surface area contributed by atoms with Crippen molar-refractivity contribution in [3.63, 3.8) is 0 Å². The average Bonchev–Trinajstić information content (AvgIpc) is 2.38. The summed E-state index contributed by atoms with van der Waals surface area (Å²) in [6.45, 7) is 5.32. The van der Waals surface area contributed by atoms with Crippen molar-refractivity contribution in [2.75, 3.05) is 6.54 Å². The van der Waals surface area contributed by atoms with Gasteiger partial charge in [0, 0.05) is 18.2 Å². The van der Waals surface area contributed by atoms with Gasteiger partial charge in [0.2, 0.25) is 0 Å². The summed E-state index contributed by atoms with van der Waals surface area (Å²) >= 11 is 0. The smallest absolute Gasteiger partial charge is 0.269 e. The third kappa shape index (κ3) is 4.84. The molecule has 4 nitrogen and oxygen atoms in total. The summed E-state index contributed by atoms with van der Waals surface area (Å²) in [7, 11) is 0. The van der Waals surface area contributed by atoms with Gasteiger partial charge in [0.1, 0.15) is 0 Å². The lowest BCUT2D eigenvalue weighted by Gasteiger charge is -2.15. The first-order chi connectivity index (χ1) is 8.67. The molecule has 0 saturated carbocycles. The molecule has 0 aliphatic carbocycles. The molecule has 1 N–H and O–H groups in total. The monoisotopic (exact) mass is 250 g/mol. The van der Waals surface area contributed by atoms with Gasteiger partial charge in [0.05, 0.1) is 4.92 Å². The standard InChI is InChI=1S/C14H22N2O2/c1-3-5-13(4-2)15-11-10-12-6-8-14(9-7-12)16(17)18/h6-9,13,15H,3-5,10-11H2,1-2H3. The van der Waals surface area contributed by atoms with E-state index in [-0.39, 0.29) is 10.6 Å². The van der Waals surface area contributed by atoms with Crippen molar-refractivity contribution in [2.24, 2.45) is 0 Å². The SMILES string of the molecule is CCCC(CC)NCCc1ccc([N+](=O)[O-])cc1. The molecule has 1 aromatic rings. The zero-order valence-corrected chi connectivity index (χ0v) is 11.2. The number of hydrogen-bond donors (Lipinski definition) is 1. The number of hydrogen-bond acceptors (Lipinski definition) is 3. The van der Waals surface area contributed by atoms with E-state index in [0.717, 1.165) is 24.9 Å². The van der Waals surface area contributed by atoms with Gasteiger partial charge in [0.25, 0.3) is 5.69 Å². The molecule has 0 spiro atoms. The van der Waals surface area contributed by atoms with Gasteiger partial charge in [-0.15, -0.1) is 0 Å². The third-order valence-electron chi connectivity index (χ3n) is 3.12. The topological polar surface area (TPSA) is 55.2 Å². The van der Waals surface area contributed by atoms with Crippen LogP contribution in [-0.4, -0.2) is 17.5 Å². The second-order valence-corrected chi connectivity index (χ2v) is 4.52. The Labute approximate surface area is 109 Å². The first kappa shape index (κ1) is 14.6. The van der Waals surface area contributed by atoms with Crippen LogP contribution in [0.5, 0.6) is 0 Å². The molecule has 0 bridgehead atoms. The Morgan fingerprint density at radius 1 is 1.28 bits per heavy atom. The predicted molar refractivity (Wildman–Crippen MR) is 73.8 cm³/mol. The molecular weight excluding hydrogens is 228 g/mol. The van der Waals surface area contributed by atoms with Crippen LogP contribution < -0.4 is 5.32 Å². The molecule has 0 amide bonds. The van der Waals surface area contributed by atoms with E-state index >= 15 is 0 Å². The fourth-order valence-corrected chi connectivity index (χ4v) is 2.00. The van der Waals surface area contributed by atoms with Crippen LogP contribution in [0.3, 0.4) is 0 Å². The maximum atomic E-state index is 10.5. The minimum absolute atomic E-state index is 0.157. The molecule has 0 aliphatic rings. The average molecular weight is 250 g/mol. The van der Waals surface area contributed by atoms with Crippen LogP contribution in [0.2, 0.25) is 0 Å². The Kier molecular flexibility index (Phi) is 6.36. The summed E-state index contributed by atoms with van der Waals surface area (Å²) in [5.74, 6) is 0. The van der Waals surface area contributed by atoms with Crippen molar-refractivity contribution in [1.82, 2.24) is 5.32 Å². The largest absolute Gasteiger partial charge is 0.314 e. The van der Waals surface area contributed by atoms with E-state index in [1.54, 1.807) is 12.1 Å². The van der Waals surface area contributed by atoms with E-state index in [1.807, 2.05) is 12.1 Å². The highest BCUT2D eigenvalue weighted by Gasteiger charge is 2.05. The van der Waals surface area contributed by atoms with E-state index in [0.29, 0.717) is 6.04 Å². The molecule has 0 aliphatic heterocycles.